The fraction of sp³-hybridized carbons (Fsp3) is 0.261. The molecular weight excluding hydrogens is 332 g/mol. The molecule has 27 heavy (non-hydrogen) atoms. The Morgan fingerprint density at radius 2 is 1.70 bits per heavy atom. The second-order valence-corrected chi connectivity index (χ2v) is 7.52. The Kier molecular flexibility index (Phi) is 4.06. The van der Waals surface area contributed by atoms with Gasteiger partial charge in [-0.15, -0.1) is 0 Å². The zero-order valence-electron chi connectivity index (χ0n) is 15.6. The first-order chi connectivity index (χ1) is 13.3. The van der Waals surface area contributed by atoms with Gasteiger partial charge in [0.05, 0.1) is 23.4 Å². The predicted octanol–water partition coefficient (Wildman–Crippen LogP) is 4.97. The lowest BCUT2D eigenvalue weighted by atomic mass is 10.0. The monoisotopic (exact) mass is 356 g/mol. The average molecular weight is 356 g/mol. The molecule has 0 amide bonds. The van der Waals surface area contributed by atoms with Crippen LogP contribution in [0.4, 0.5) is 0 Å². The number of nitrogens with zero attached hydrogens (tertiary/aromatic N) is 3. The number of likely N-dealkylation sites (tertiary alicyclic amines) is 1. The smallest absolute Gasteiger partial charge is 0.0978 e. The van der Waals surface area contributed by atoms with Gasteiger partial charge in [0.15, 0.2) is 0 Å². The van der Waals surface area contributed by atoms with Crippen LogP contribution in [0.2, 0.25) is 0 Å². The van der Waals surface area contributed by atoms with Crippen molar-refractivity contribution >= 4 is 10.9 Å². The average Bonchev–Trinajstić information content (AvgIpc) is 3.33. The first-order valence-electron chi connectivity index (χ1n) is 9.68. The third-order valence-corrected chi connectivity index (χ3v) is 5.71. The Morgan fingerprint density at radius 1 is 0.963 bits per heavy atom. The Labute approximate surface area is 159 Å². The van der Waals surface area contributed by atoms with Crippen molar-refractivity contribution in [2.75, 3.05) is 20.1 Å². The zero-order valence-corrected chi connectivity index (χ0v) is 15.6. The van der Waals surface area contributed by atoms with Crippen molar-refractivity contribution in [3.05, 3.63) is 67.0 Å². The van der Waals surface area contributed by atoms with Gasteiger partial charge in [0.25, 0.3) is 0 Å². The van der Waals surface area contributed by atoms with E-state index in [0.717, 1.165) is 42.9 Å². The largest absolute Gasteiger partial charge is 0.353 e. The normalized spacial score (nSPS) is 16.2. The molecule has 0 saturated carbocycles. The van der Waals surface area contributed by atoms with E-state index in [0.29, 0.717) is 6.04 Å². The molecule has 136 valence electrons. The van der Waals surface area contributed by atoms with Gasteiger partial charge in [0, 0.05) is 22.5 Å². The molecule has 0 aliphatic carbocycles. The second kappa shape index (κ2) is 6.71. The van der Waals surface area contributed by atoms with E-state index < -0.39 is 0 Å². The van der Waals surface area contributed by atoms with Gasteiger partial charge in [0.1, 0.15) is 0 Å². The molecule has 2 aromatic carbocycles. The summed E-state index contributed by atoms with van der Waals surface area (Å²) in [5.41, 5.74) is 5.74. The van der Waals surface area contributed by atoms with Crippen molar-refractivity contribution in [2.24, 2.45) is 0 Å². The van der Waals surface area contributed by atoms with Crippen molar-refractivity contribution in [2.45, 2.75) is 18.9 Å². The highest BCUT2D eigenvalue weighted by atomic mass is 15.2. The topological polar surface area (TPSA) is 36.9 Å². The SMILES string of the molecule is CN1CCC(n2cnc(-c3ccccc3)c2-c2cc3ccccc3[nH]2)CC1. The molecule has 2 aromatic heterocycles. The highest BCUT2D eigenvalue weighted by Crippen LogP contribution is 2.36. The minimum absolute atomic E-state index is 0.493. The number of piperidine rings is 1. The van der Waals surface area contributed by atoms with Gasteiger partial charge in [-0.25, -0.2) is 4.98 Å². The third kappa shape index (κ3) is 2.96. The van der Waals surface area contributed by atoms with Crippen LogP contribution in [0.3, 0.4) is 0 Å². The summed E-state index contributed by atoms with van der Waals surface area (Å²) >= 11 is 0. The number of rotatable bonds is 3. The Hall–Kier alpha value is -2.85. The lowest BCUT2D eigenvalue weighted by Gasteiger charge is -2.30. The minimum Gasteiger partial charge on any atom is -0.353 e. The van der Waals surface area contributed by atoms with Crippen LogP contribution < -0.4 is 0 Å². The number of hydrogen-bond donors (Lipinski definition) is 1. The lowest BCUT2D eigenvalue weighted by Crippen LogP contribution is -2.31. The van der Waals surface area contributed by atoms with Gasteiger partial charge < -0.3 is 14.5 Å². The first kappa shape index (κ1) is 16.3. The van der Waals surface area contributed by atoms with Crippen LogP contribution in [-0.4, -0.2) is 39.6 Å². The van der Waals surface area contributed by atoms with Crippen LogP contribution in [0.5, 0.6) is 0 Å². The van der Waals surface area contributed by atoms with Crippen molar-refractivity contribution in [1.82, 2.24) is 19.4 Å². The third-order valence-electron chi connectivity index (χ3n) is 5.71. The Morgan fingerprint density at radius 3 is 2.48 bits per heavy atom. The van der Waals surface area contributed by atoms with Gasteiger partial charge in [-0.3, -0.25) is 0 Å². The van der Waals surface area contributed by atoms with Crippen molar-refractivity contribution in [3.63, 3.8) is 0 Å². The summed E-state index contributed by atoms with van der Waals surface area (Å²) < 4.78 is 2.40. The van der Waals surface area contributed by atoms with Crippen LogP contribution in [0.25, 0.3) is 33.5 Å². The van der Waals surface area contributed by atoms with Gasteiger partial charge in [0.2, 0.25) is 0 Å². The number of nitrogens with one attached hydrogen (secondary N) is 1. The number of H-pyrrole nitrogens is 1. The van der Waals surface area contributed by atoms with E-state index in [9.17, 15) is 0 Å². The number of aromatic nitrogens is 3. The number of fused-ring (bicyclic) bond motifs is 1. The first-order valence-corrected chi connectivity index (χ1v) is 9.68. The maximum Gasteiger partial charge on any atom is 0.0978 e. The standard InChI is InChI=1S/C23H24N4/c1-26-13-11-19(12-14-26)27-16-24-22(17-7-3-2-4-8-17)23(27)21-15-18-9-5-6-10-20(18)25-21/h2-10,15-16,19,25H,11-14H2,1H3. The molecular formula is C23H24N4. The lowest BCUT2D eigenvalue weighted by molar-refractivity contribution is 0.222. The number of hydrogen-bond acceptors (Lipinski definition) is 2. The summed E-state index contributed by atoms with van der Waals surface area (Å²) in [7, 11) is 2.21. The predicted molar refractivity (Wildman–Crippen MR) is 111 cm³/mol. The van der Waals surface area contributed by atoms with Gasteiger partial charge in [-0.05, 0) is 45.1 Å². The summed E-state index contributed by atoms with van der Waals surface area (Å²) in [6.07, 6.45) is 4.36. The van der Waals surface area contributed by atoms with Crippen molar-refractivity contribution in [3.8, 4) is 22.6 Å². The number of para-hydroxylation sites is 1. The van der Waals surface area contributed by atoms with Crippen LogP contribution in [0, 0.1) is 0 Å². The number of benzene rings is 2. The maximum absolute atomic E-state index is 4.86. The molecule has 0 atom stereocenters. The van der Waals surface area contributed by atoms with Crippen LogP contribution in [-0.2, 0) is 0 Å². The van der Waals surface area contributed by atoms with Crippen LogP contribution in [0.15, 0.2) is 67.0 Å². The molecule has 4 aromatic rings. The molecule has 4 nitrogen and oxygen atoms in total. The van der Waals surface area contributed by atoms with E-state index in [-0.39, 0.29) is 0 Å². The minimum atomic E-state index is 0.493. The van der Waals surface area contributed by atoms with E-state index in [2.05, 4.69) is 82.2 Å². The fourth-order valence-corrected chi connectivity index (χ4v) is 4.19. The summed E-state index contributed by atoms with van der Waals surface area (Å²) in [5.74, 6) is 0. The molecule has 0 bridgehead atoms. The molecule has 0 radical (unpaired) electrons. The highest BCUT2D eigenvalue weighted by Gasteiger charge is 2.24. The Bertz CT molecular complexity index is 1020. The molecule has 1 saturated heterocycles. The molecule has 0 spiro atoms. The molecule has 0 unspecified atom stereocenters. The van der Waals surface area contributed by atoms with E-state index in [1.165, 1.54) is 16.6 Å². The van der Waals surface area contributed by atoms with Gasteiger partial charge >= 0.3 is 0 Å². The molecule has 1 fully saturated rings. The zero-order chi connectivity index (χ0) is 18.2. The summed E-state index contributed by atoms with van der Waals surface area (Å²) in [6, 6.07) is 21.7. The van der Waals surface area contributed by atoms with E-state index in [1.54, 1.807) is 0 Å². The fourth-order valence-electron chi connectivity index (χ4n) is 4.19. The van der Waals surface area contributed by atoms with Crippen LogP contribution in [0.1, 0.15) is 18.9 Å². The highest BCUT2D eigenvalue weighted by molar-refractivity contribution is 5.88. The van der Waals surface area contributed by atoms with E-state index >= 15 is 0 Å². The molecule has 1 aliphatic heterocycles. The number of aromatic amines is 1. The van der Waals surface area contributed by atoms with Crippen molar-refractivity contribution < 1.29 is 0 Å². The van der Waals surface area contributed by atoms with Crippen molar-refractivity contribution in [1.29, 1.82) is 0 Å². The molecule has 5 rings (SSSR count). The summed E-state index contributed by atoms with van der Waals surface area (Å²) in [4.78, 5) is 10.9. The molecule has 1 aliphatic rings. The molecule has 3 heterocycles. The van der Waals surface area contributed by atoms with Gasteiger partial charge in [-0.1, -0.05) is 48.5 Å². The summed E-state index contributed by atoms with van der Waals surface area (Å²) in [5, 5.41) is 1.24. The van der Waals surface area contributed by atoms with E-state index in [1.807, 2.05) is 6.33 Å². The maximum atomic E-state index is 4.86. The van der Waals surface area contributed by atoms with Crippen LogP contribution >= 0.6 is 0 Å². The number of imidazole rings is 1. The molecule has 4 heteroatoms. The second-order valence-electron chi connectivity index (χ2n) is 7.52. The quantitative estimate of drug-likeness (QED) is 0.563. The Balaban J connectivity index is 1.67. The molecule has 1 N–H and O–H groups in total. The summed E-state index contributed by atoms with van der Waals surface area (Å²) in [6.45, 7) is 2.27. The van der Waals surface area contributed by atoms with E-state index in [4.69, 9.17) is 4.98 Å². The van der Waals surface area contributed by atoms with Gasteiger partial charge in [-0.2, -0.15) is 0 Å².